The van der Waals surface area contributed by atoms with Gasteiger partial charge in [0.2, 0.25) is 0 Å². The van der Waals surface area contributed by atoms with Crippen molar-refractivity contribution in [3.8, 4) is 0 Å². The van der Waals surface area contributed by atoms with Crippen molar-refractivity contribution in [1.82, 2.24) is 15.3 Å². The van der Waals surface area contributed by atoms with Gasteiger partial charge in [-0.3, -0.25) is 0 Å². The zero-order chi connectivity index (χ0) is 10.7. The highest BCUT2D eigenvalue weighted by Crippen LogP contribution is 2.07. The molecule has 1 fully saturated rings. The molecule has 0 radical (unpaired) electrons. The average molecular weight is 208 g/mol. The van der Waals surface area contributed by atoms with E-state index in [-0.39, 0.29) is 0 Å². The number of rotatable bonds is 2. The lowest BCUT2D eigenvalue weighted by molar-refractivity contribution is 0.0767. The number of anilines is 1. The lowest BCUT2D eigenvalue weighted by Crippen LogP contribution is -2.42. The highest BCUT2D eigenvalue weighted by atomic mass is 16.5. The van der Waals surface area contributed by atoms with E-state index in [4.69, 9.17) is 10.5 Å². The van der Waals surface area contributed by atoms with E-state index in [1.54, 1.807) is 0 Å². The maximum Gasteiger partial charge on any atom is 0.127 e. The molecule has 5 heteroatoms. The molecule has 1 aliphatic heterocycles. The number of nitrogens with two attached hydrogens (primary N) is 1. The van der Waals surface area contributed by atoms with Gasteiger partial charge >= 0.3 is 0 Å². The summed E-state index contributed by atoms with van der Waals surface area (Å²) in [5.41, 5.74) is 6.64. The topological polar surface area (TPSA) is 73.1 Å². The van der Waals surface area contributed by atoms with Crippen molar-refractivity contribution in [1.29, 1.82) is 0 Å². The van der Waals surface area contributed by atoms with Crippen molar-refractivity contribution in [3.63, 3.8) is 0 Å². The maximum absolute atomic E-state index is 5.66. The maximum atomic E-state index is 5.66. The summed E-state index contributed by atoms with van der Waals surface area (Å²) in [7, 11) is 0. The van der Waals surface area contributed by atoms with Crippen LogP contribution < -0.4 is 11.1 Å². The summed E-state index contributed by atoms with van der Waals surface area (Å²) in [6.07, 6.45) is 0.841. The van der Waals surface area contributed by atoms with Gasteiger partial charge in [0.1, 0.15) is 11.6 Å². The average Bonchev–Trinajstić information content (AvgIpc) is 2.17. The summed E-state index contributed by atoms with van der Waals surface area (Å²) < 4.78 is 5.38. The van der Waals surface area contributed by atoms with Crippen LogP contribution in [0.2, 0.25) is 0 Å². The first-order valence-corrected chi connectivity index (χ1v) is 5.15. The Bertz CT molecular complexity index is 316. The van der Waals surface area contributed by atoms with Crippen molar-refractivity contribution < 1.29 is 4.74 Å². The van der Waals surface area contributed by atoms with E-state index in [9.17, 15) is 0 Å². The van der Waals surface area contributed by atoms with Crippen LogP contribution in [0.5, 0.6) is 0 Å². The zero-order valence-corrected chi connectivity index (χ0v) is 8.86. The molecule has 1 aliphatic rings. The van der Waals surface area contributed by atoms with Gasteiger partial charge in [-0.15, -0.1) is 0 Å². The van der Waals surface area contributed by atoms with Gasteiger partial charge < -0.3 is 15.8 Å². The van der Waals surface area contributed by atoms with Crippen LogP contribution in [-0.2, 0) is 11.2 Å². The number of hydrogen-bond acceptors (Lipinski definition) is 5. The highest BCUT2D eigenvalue weighted by molar-refractivity contribution is 5.29. The summed E-state index contributed by atoms with van der Waals surface area (Å²) >= 11 is 0. The Morgan fingerprint density at radius 3 is 3.13 bits per heavy atom. The number of nitrogens with zero attached hydrogens (tertiary/aromatic N) is 2. The molecule has 1 aromatic heterocycles. The fourth-order valence-electron chi connectivity index (χ4n) is 1.76. The first-order chi connectivity index (χ1) is 7.24. The summed E-state index contributed by atoms with van der Waals surface area (Å²) in [4.78, 5) is 8.38. The zero-order valence-electron chi connectivity index (χ0n) is 8.86. The molecule has 0 aliphatic carbocycles. The number of morpholine rings is 1. The number of ether oxygens (including phenoxy) is 1. The van der Waals surface area contributed by atoms with E-state index >= 15 is 0 Å². The fourth-order valence-corrected chi connectivity index (χ4v) is 1.76. The van der Waals surface area contributed by atoms with Gasteiger partial charge in [-0.2, -0.15) is 0 Å². The first kappa shape index (κ1) is 10.3. The molecule has 2 rings (SSSR count). The van der Waals surface area contributed by atoms with Crippen LogP contribution in [0.4, 0.5) is 5.82 Å². The van der Waals surface area contributed by atoms with Crippen molar-refractivity contribution in [3.05, 3.63) is 17.6 Å². The van der Waals surface area contributed by atoms with Crippen LogP contribution in [0, 0.1) is 6.92 Å². The van der Waals surface area contributed by atoms with Gasteiger partial charge in [0.15, 0.2) is 0 Å². The molecular weight excluding hydrogens is 192 g/mol. The predicted molar refractivity (Wildman–Crippen MR) is 57.5 cm³/mol. The molecule has 1 aromatic rings. The molecule has 3 N–H and O–H groups in total. The van der Waals surface area contributed by atoms with Crippen molar-refractivity contribution >= 4 is 5.82 Å². The Labute approximate surface area is 89.1 Å². The second kappa shape index (κ2) is 4.55. The quantitative estimate of drug-likeness (QED) is 0.710. The van der Waals surface area contributed by atoms with E-state index < -0.39 is 0 Å². The molecule has 0 amide bonds. The van der Waals surface area contributed by atoms with E-state index in [2.05, 4.69) is 15.3 Å². The number of aromatic nitrogens is 2. The Morgan fingerprint density at radius 2 is 2.47 bits per heavy atom. The van der Waals surface area contributed by atoms with Gasteiger partial charge in [-0.05, 0) is 6.92 Å². The van der Waals surface area contributed by atoms with Gasteiger partial charge in [-0.25, -0.2) is 9.97 Å². The SMILES string of the molecule is Cc1nc(N)cc(CC2COCCN2)n1. The molecule has 0 saturated carbocycles. The molecule has 0 bridgehead atoms. The lowest BCUT2D eigenvalue weighted by atomic mass is 10.1. The second-order valence-corrected chi connectivity index (χ2v) is 3.76. The largest absolute Gasteiger partial charge is 0.384 e. The Morgan fingerprint density at radius 1 is 1.60 bits per heavy atom. The summed E-state index contributed by atoms with van der Waals surface area (Å²) in [5, 5.41) is 3.38. The van der Waals surface area contributed by atoms with E-state index in [0.717, 1.165) is 37.7 Å². The van der Waals surface area contributed by atoms with E-state index in [1.807, 2.05) is 13.0 Å². The minimum absolute atomic E-state index is 0.340. The van der Waals surface area contributed by atoms with Gasteiger partial charge in [0, 0.05) is 30.8 Å². The van der Waals surface area contributed by atoms with Crippen molar-refractivity contribution in [2.45, 2.75) is 19.4 Å². The third-order valence-corrected chi connectivity index (χ3v) is 2.36. The highest BCUT2D eigenvalue weighted by Gasteiger charge is 2.14. The fraction of sp³-hybridized carbons (Fsp3) is 0.600. The second-order valence-electron chi connectivity index (χ2n) is 3.76. The Balaban J connectivity index is 2.02. The van der Waals surface area contributed by atoms with E-state index in [1.165, 1.54) is 0 Å². The molecule has 2 heterocycles. The monoisotopic (exact) mass is 208 g/mol. The predicted octanol–water partition coefficient (Wildman–Crippen LogP) is -0.102. The third-order valence-electron chi connectivity index (χ3n) is 2.36. The van der Waals surface area contributed by atoms with Crippen LogP contribution in [0.25, 0.3) is 0 Å². The molecule has 1 unspecified atom stereocenters. The van der Waals surface area contributed by atoms with Crippen LogP contribution in [0.3, 0.4) is 0 Å². The normalized spacial score (nSPS) is 21.5. The van der Waals surface area contributed by atoms with Crippen LogP contribution in [0.15, 0.2) is 6.07 Å². The van der Waals surface area contributed by atoms with Crippen LogP contribution in [-0.4, -0.2) is 35.8 Å². The Kier molecular flexibility index (Phi) is 3.13. The minimum atomic E-state index is 0.340. The standard InChI is InChI=1S/C10H16N4O/c1-7-13-8(5-10(11)14-7)4-9-6-15-3-2-12-9/h5,9,12H,2-4,6H2,1H3,(H2,11,13,14). The molecule has 82 valence electrons. The summed E-state index contributed by atoms with van der Waals surface area (Å²) in [6.45, 7) is 4.29. The minimum Gasteiger partial charge on any atom is -0.384 e. The number of hydrogen-bond donors (Lipinski definition) is 2. The molecule has 15 heavy (non-hydrogen) atoms. The van der Waals surface area contributed by atoms with Crippen LogP contribution >= 0.6 is 0 Å². The van der Waals surface area contributed by atoms with Gasteiger partial charge in [0.25, 0.3) is 0 Å². The summed E-state index contributed by atoms with van der Waals surface area (Å²) in [5.74, 6) is 1.26. The third kappa shape index (κ3) is 2.87. The molecule has 1 atom stereocenters. The number of nitrogens with one attached hydrogen (secondary N) is 1. The molecule has 5 nitrogen and oxygen atoms in total. The molecule has 0 spiro atoms. The van der Waals surface area contributed by atoms with Crippen LogP contribution in [0.1, 0.15) is 11.5 Å². The van der Waals surface area contributed by atoms with E-state index in [0.29, 0.717) is 11.9 Å². The smallest absolute Gasteiger partial charge is 0.127 e. The van der Waals surface area contributed by atoms with Gasteiger partial charge in [-0.1, -0.05) is 0 Å². The van der Waals surface area contributed by atoms with Crippen molar-refractivity contribution in [2.75, 3.05) is 25.5 Å². The number of nitrogen functional groups attached to an aromatic ring is 1. The number of aryl methyl sites for hydroxylation is 1. The first-order valence-electron chi connectivity index (χ1n) is 5.15. The Hall–Kier alpha value is -1.20. The molecule has 1 saturated heterocycles. The van der Waals surface area contributed by atoms with Crippen molar-refractivity contribution in [2.24, 2.45) is 0 Å². The van der Waals surface area contributed by atoms with Gasteiger partial charge in [0.05, 0.1) is 13.2 Å². The molecular formula is C10H16N4O. The summed E-state index contributed by atoms with van der Waals surface area (Å²) in [6, 6.07) is 2.16. The lowest BCUT2D eigenvalue weighted by Gasteiger charge is -2.23. The molecule has 0 aromatic carbocycles.